The van der Waals surface area contributed by atoms with Crippen LogP contribution in [0.1, 0.15) is 25.8 Å². The molecule has 9 heteroatoms. The number of halogens is 3. The summed E-state index contributed by atoms with van der Waals surface area (Å²) < 4.78 is 63.0. The third-order valence-corrected chi connectivity index (χ3v) is 5.36. The lowest BCUT2D eigenvalue weighted by molar-refractivity contribution is -0.124. The van der Waals surface area contributed by atoms with Crippen molar-refractivity contribution >= 4 is 21.6 Å². The first-order valence-electron chi connectivity index (χ1n) is 6.57. The number of nitrogens with one attached hydrogen (secondary N) is 1. The molecule has 1 heterocycles. The minimum Gasteiger partial charge on any atom is -0.324 e. The normalized spacial score (nSPS) is 21.8. The zero-order valence-electron chi connectivity index (χ0n) is 11.9. The van der Waals surface area contributed by atoms with E-state index in [0.717, 1.165) is 0 Å². The molecular formula is C13H15F3N2O3S. The van der Waals surface area contributed by atoms with Crippen molar-refractivity contribution in [1.29, 1.82) is 0 Å². The minimum atomic E-state index is -5.65. The van der Waals surface area contributed by atoms with Gasteiger partial charge in [0, 0.05) is 17.8 Å². The topological polar surface area (TPSA) is 66.5 Å². The first kappa shape index (κ1) is 16.8. The highest BCUT2D eigenvalue weighted by atomic mass is 32.2. The molecule has 0 aliphatic carbocycles. The smallest absolute Gasteiger partial charge is 0.324 e. The zero-order chi connectivity index (χ0) is 16.8. The Morgan fingerprint density at radius 1 is 1.27 bits per heavy atom. The lowest BCUT2D eigenvalue weighted by Gasteiger charge is -2.35. The lowest BCUT2D eigenvalue weighted by Crippen LogP contribution is -2.55. The van der Waals surface area contributed by atoms with E-state index >= 15 is 0 Å². The average molecular weight is 336 g/mol. The molecule has 0 radical (unpaired) electrons. The second kappa shape index (κ2) is 5.24. The maximum Gasteiger partial charge on any atom is 0.511 e. The number of fused-ring (bicyclic) bond motifs is 1. The van der Waals surface area contributed by atoms with Crippen LogP contribution in [0, 0.1) is 0 Å². The summed E-state index contributed by atoms with van der Waals surface area (Å²) in [6.07, 6.45) is 0.139. The summed E-state index contributed by atoms with van der Waals surface area (Å²) >= 11 is 0. The zero-order valence-corrected chi connectivity index (χ0v) is 12.8. The van der Waals surface area contributed by atoms with E-state index in [0.29, 0.717) is 5.69 Å². The Morgan fingerprint density at radius 3 is 2.41 bits per heavy atom. The van der Waals surface area contributed by atoms with E-state index in [1.165, 1.54) is 19.1 Å². The Kier molecular flexibility index (Phi) is 3.99. The second-order valence-electron chi connectivity index (χ2n) is 5.09. The SMILES string of the molecule is CCCN(C1(C)C(=O)Nc2ccccc21)S(=O)(=O)C(F)(F)F. The fourth-order valence-corrected chi connectivity index (χ4v) is 3.88. The number of sulfonamides is 1. The third kappa shape index (κ3) is 2.28. The molecule has 2 rings (SSSR count). The number of hydrogen-bond acceptors (Lipinski definition) is 3. The van der Waals surface area contributed by atoms with Gasteiger partial charge in [-0.3, -0.25) is 4.79 Å². The number of alkyl halides is 3. The van der Waals surface area contributed by atoms with Crippen molar-refractivity contribution < 1.29 is 26.4 Å². The van der Waals surface area contributed by atoms with Crippen LogP contribution in [0.2, 0.25) is 0 Å². The molecule has 1 amide bonds. The predicted molar refractivity (Wildman–Crippen MR) is 74.4 cm³/mol. The van der Waals surface area contributed by atoms with Gasteiger partial charge in [0.05, 0.1) is 0 Å². The van der Waals surface area contributed by atoms with Gasteiger partial charge in [0.2, 0.25) is 5.91 Å². The minimum absolute atomic E-state index is 0.139. The summed E-state index contributed by atoms with van der Waals surface area (Å²) in [6.45, 7) is 2.31. The highest BCUT2D eigenvalue weighted by Gasteiger charge is 2.59. The average Bonchev–Trinajstić information content (AvgIpc) is 2.67. The Bertz CT molecular complexity index is 703. The van der Waals surface area contributed by atoms with Crippen LogP contribution in [0.4, 0.5) is 18.9 Å². The first-order chi connectivity index (χ1) is 10.1. The summed E-state index contributed by atoms with van der Waals surface area (Å²) in [5.41, 5.74) is -6.88. The molecule has 0 spiro atoms. The van der Waals surface area contributed by atoms with E-state index in [9.17, 15) is 26.4 Å². The van der Waals surface area contributed by atoms with Gasteiger partial charge >= 0.3 is 15.5 Å². The van der Waals surface area contributed by atoms with E-state index in [1.807, 2.05) is 0 Å². The van der Waals surface area contributed by atoms with Gasteiger partial charge < -0.3 is 5.32 Å². The fourth-order valence-electron chi connectivity index (χ4n) is 2.54. The molecule has 0 saturated carbocycles. The summed E-state index contributed by atoms with van der Waals surface area (Å²) in [7, 11) is -5.65. The van der Waals surface area contributed by atoms with Crippen LogP contribution in [0.25, 0.3) is 0 Å². The largest absolute Gasteiger partial charge is 0.511 e. The molecule has 122 valence electrons. The van der Waals surface area contributed by atoms with Gasteiger partial charge in [-0.05, 0) is 19.4 Å². The Balaban J connectivity index is 2.66. The van der Waals surface area contributed by atoms with Crippen molar-refractivity contribution in [2.75, 3.05) is 11.9 Å². The summed E-state index contributed by atoms with van der Waals surface area (Å²) in [5, 5.41) is 2.44. The Morgan fingerprint density at radius 2 is 1.86 bits per heavy atom. The number of carbonyl (C=O) groups excluding carboxylic acids is 1. The number of amides is 1. The molecule has 0 fully saturated rings. The van der Waals surface area contributed by atoms with Crippen molar-refractivity contribution in [3.8, 4) is 0 Å². The summed E-state index contributed by atoms with van der Waals surface area (Å²) in [5.74, 6) is -0.796. The third-order valence-electron chi connectivity index (χ3n) is 3.65. The van der Waals surface area contributed by atoms with Crippen LogP contribution in [0.15, 0.2) is 24.3 Å². The summed E-state index contributed by atoms with van der Waals surface area (Å²) in [4.78, 5) is 12.3. The van der Waals surface area contributed by atoms with Gasteiger partial charge in [0.25, 0.3) is 0 Å². The second-order valence-corrected chi connectivity index (χ2v) is 6.95. The monoisotopic (exact) mass is 336 g/mol. The van der Waals surface area contributed by atoms with Crippen molar-refractivity contribution in [2.45, 2.75) is 31.3 Å². The molecule has 1 aliphatic rings. The first-order valence-corrected chi connectivity index (χ1v) is 8.01. The molecule has 1 atom stereocenters. The van der Waals surface area contributed by atoms with Crippen LogP contribution in [-0.2, 0) is 20.4 Å². The van der Waals surface area contributed by atoms with E-state index in [-0.39, 0.29) is 16.3 Å². The van der Waals surface area contributed by atoms with Crippen LogP contribution >= 0.6 is 0 Å². The van der Waals surface area contributed by atoms with E-state index in [4.69, 9.17) is 0 Å². The van der Waals surface area contributed by atoms with Crippen LogP contribution in [0.3, 0.4) is 0 Å². The fraction of sp³-hybridized carbons (Fsp3) is 0.462. The molecule has 5 nitrogen and oxygen atoms in total. The lowest BCUT2D eigenvalue weighted by atomic mass is 9.93. The van der Waals surface area contributed by atoms with Crippen molar-refractivity contribution in [1.82, 2.24) is 4.31 Å². The van der Waals surface area contributed by atoms with Gasteiger partial charge in [0.15, 0.2) is 0 Å². The van der Waals surface area contributed by atoms with Crippen LogP contribution < -0.4 is 5.32 Å². The number of nitrogens with zero attached hydrogens (tertiary/aromatic N) is 1. The number of rotatable bonds is 4. The molecule has 0 bridgehead atoms. The van der Waals surface area contributed by atoms with Crippen LogP contribution in [0.5, 0.6) is 0 Å². The number of benzene rings is 1. The van der Waals surface area contributed by atoms with Crippen molar-refractivity contribution in [2.24, 2.45) is 0 Å². The maximum atomic E-state index is 13.0. The molecule has 0 saturated heterocycles. The Labute approximate surface area is 126 Å². The van der Waals surface area contributed by atoms with Gasteiger partial charge in [-0.1, -0.05) is 25.1 Å². The Hall–Kier alpha value is -1.61. The molecule has 1 unspecified atom stereocenters. The quantitative estimate of drug-likeness (QED) is 0.918. The molecule has 0 aromatic heterocycles. The molecule has 1 aliphatic heterocycles. The standard InChI is InChI=1S/C13H15F3N2O3S/c1-3-8-18(22(20,21)13(14,15)16)12(2)9-6-4-5-7-10(9)17-11(12)19/h4-7H,3,8H2,1-2H3,(H,17,19). The molecule has 1 N–H and O–H groups in total. The molecule has 22 heavy (non-hydrogen) atoms. The van der Waals surface area contributed by atoms with Crippen molar-refractivity contribution in [3.05, 3.63) is 29.8 Å². The number of anilines is 1. The summed E-state index contributed by atoms with van der Waals surface area (Å²) in [6, 6.07) is 6.11. The number of para-hydroxylation sites is 1. The van der Waals surface area contributed by atoms with Gasteiger partial charge in [-0.25, -0.2) is 8.42 Å². The predicted octanol–water partition coefficient (Wildman–Crippen LogP) is 2.42. The van der Waals surface area contributed by atoms with Gasteiger partial charge in [-0.15, -0.1) is 0 Å². The van der Waals surface area contributed by atoms with E-state index in [1.54, 1.807) is 19.1 Å². The van der Waals surface area contributed by atoms with Gasteiger partial charge in [-0.2, -0.15) is 17.5 Å². The highest BCUT2D eigenvalue weighted by molar-refractivity contribution is 7.90. The molecule has 1 aromatic rings. The van der Waals surface area contributed by atoms with Crippen LogP contribution in [-0.4, -0.2) is 30.7 Å². The van der Waals surface area contributed by atoms with E-state index < -0.39 is 33.5 Å². The number of carbonyl (C=O) groups is 1. The molecular weight excluding hydrogens is 321 g/mol. The molecule has 1 aromatic carbocycles. The van der Waals surface area contributed by atoms with Gasteiger partial charge in [0.1, 0.15) is 5.54 Å². The van der Waals surface area contributed by atoms with E-state index in [2.05, 4.69) is 5.32 Å². The maximum absolute atomic E-state index is 13.0. The van der Waals surface area contributed by atoms with Crippen molar-refractivity contribution in [3.63, 3.8) is 0 Å². The highest BCUT2D eigenvalue weighted by Crippen LogP contribution is 2.44. The number of hydrogen-bond donors (Lipinski definition) is 1.